The van der Waals surface area contributed by atoms with E-state index in [4.69, 9.17) is 29.4 Å². The molecule has 0 saturated heterocycles. The zero-order valence-electron chi connectivity index (χ0n) is 41.9. The number of benzene rings is 6. The summed E-state index contributed by atoms with van der Waals surface area (Å²) in [4.78, 5) is 19.6. The Labute approximate surface area is 453 Å². The summed E-state index contributed by atoms with van der Waals surface area (Å²) in [5, 5.41) is 6.28. The van der Waals surface area contributed by atoms with E-state index in [1.54, 1.807) is 0 Å². The summed E-state index contributed by atoms with van der Waals surface area (Å²) in [5.74, 6) is 4.36. The zero-order valence-corrected chi connectivity index (χ0v) is 46.5. The van der Waals surface area contributed by atoms with E-state index in [1.807, 2.05) is 77.9 Å². The van der Waals surface area contributed by atoms with E-state index in [2.05, 4.69) is 169 Å². The fourth-order valence-electron chi connectivity index (χ4n) is 9.75. The molecule has 12 aromatic rings. The first-order valence-corrected chi connectivity index (χ1v) is 24.0. The molecule has 0 aliphatic rings. The van der Waals surface area contributed by atoms with Gasteiger partial charge in [0.15, 0.2) is 0 Å². The van der Waals surface area contributed by atoms with Crippen LogP contribution >= 0.6 is 0 Å². The minimum atomic E-state index is -0.349. The number of aromatic nitrogens is 7. The molecule has 9 nitrogen and oxygen atoms in total. The molecule has 0 fully saturated rings. The molecule has 6 aromatic carbocycles. The van der Waals surface area contributed by atoms with Crippen LogP contribution in [0.1, 0.15) is 79.0 Å². The van der Waals surface area contributed by atoms with Crippen molar-refractivity contribution in [3.63, 3.8) is 0 Å². The van der Waals surface area contributed by atoms with Crippen LogP contribution in [0.5, 0.6) is 23.0 Å². The Bertz CT molecular complexity index is 3810. The fraction of sp³-hybridized carbons (Fsp3) is 0.194. The van der Waals surface area contributed by atoms with Gasteiger partial charge in [0.2, 0.25) is 5.95 Å². The Hall–Kier alpha value is -6.92. The van der Waals surface area contributed by atoms with Gasteiger partial charge in [0.1, 0.15) is 11.6 Å². The van der Waals surface area contributed by atoms with Crippen molar-refractivity contribution in [2.75, 3.05) is 0 Å². The van der Waals surface area contributed by atoms with Gasteiger partial charge in [-0.25, -0.2) is 19.9 Å². The van der Waals surface area contributed by atoms with Crippen LogP contribution in [0.15, 0.2) is 146 Å². The molecular formula is C62H51N7O2Pt2. The average molecular weight is 1320 g/mol. The predicted molar refractivity (Wildman–Crippen MR) is 285 cm³/mol. The van der Waals surface area contributed by atoms with Gasteiger partial charge in [-0.1, -0.05) is 144 Å². The second kappa shape index (κ2) is 18.5. The Kier molecular flexibility index (Phi) is 12.6. The van der Waals surface area contributed by atoms with Gasteiger partial charge in [0, 0.05) is 58.8 Å². The molecule has 0 saturated carbocycles. The Balaban J connectivity index is 0.00000306. The van der Waals surface area contributed by atoms with E-state index in [-0.39, 0.29) is 58.4 Å². The molecule has 0 bridgehead atoms. The minimum Gasteiger partial charge on any atom is -0.509 e. The summed E-state index contributed by atoms with van der Waals surface area (Å²) in [6, 6.07) is 56.2. The van der Waals surface area contributed by atoms with Crippen LogP contribution < -0.4 is 9.47 Å². The largest absolute Gasteiger partial charge is 2.00 e. The molecule has 0 amide bonds. The van der Waals surface area contributed by atoms with Crippen LogP contribution in [-0.4, -0.2) is 33.6 Å². The maximum atomic E-state index is 7.02. The molecule has 0 aliphatic carbocycles. The van der Waals surface area contributed by atoms with Crippen molar-refractivity contribution >= 4 is 65.4 Å². The summed E-state index contributed by atoms with van der Waals surface area (Å²) < 4.78 is 20.4. The fourth-order valence-corrected chi connectivity index (χ4v) is 9.75. The van der Waals surface area contributed by atoms with Gasteiger partial charge < -0.3 is 23.2 Å². The minimum absolute atomic E-state index is 0. The topological polar surface area (TPSA) is 84.8 Å². The first-order valence-electron chi connectivity index (χ1n) is 24.0. The van der Waals surface area contributed by atoms with Crippen molar-refractivity contribution in [2.45, 2.75) is 78.6 Å². The molecule has 0 aliphatic heterocycles. The van der Waals surface area contributed by atoms with Crippen molar-refractivity contribution < 1.29 is 51.6 Å². The van der Waals surface area contributed by atoms with Gasteiger partial charge in [0.25, 0.3) is 0 Å². The van der Waals surface area contributed by atoms with Gasteiger partial charge in [-0.2, -0.15) is 35.0 Å². The third-order valence-electron chi connectivity index (χ3n) is 13.4. The number of hydrogen-bond donors (Lipinski definition) is 0. The molecule has 0 unspecified atom stereocenters. The molecular weight excluding hydrogens is 1260 g/mol. The third kappa shape index (κ3) is 8.64. The molecule has 0 spiro atoms. The SMILES string of the molecule is CC(C)(C)c1cnc(-n2c3[c-]c(Oc4[c-]c5c(cc4)c4ccccc4n5-c4ccccn4)c(C(C)(C)C)cc3c3cc(C(C)(C)C)c(Oc4[c-]c5c(cc4)c4ccccc4n5-c4ccccn4)[c-]c32)nc1.[Pt+2].[Pt+2]. The van der Waals surface area contributed by atoms with Crippen molar-refractivity contribution in [1.29, 1.82) is 0 Å². The van der Waals surface area contributed by atoms with Crippen molar-refractivity contribution in [1.82, 2.24) is 33.6 Å². The molecule has 6 aromatic heterocycles. The van der Waals surface area contributed by atoms with Crippen LogP contribution in [0.25, 0.3) is 83.0 Å². The molecule has 0 atom stereocenters. The van der Waals surface area contributed by atoms with Crippen molar-refractivity contribution in [2.24, 2.45) is 0 Å². The number of rotatable bonds is 7. The molecule has 0 N–H and O–H groups in total. The average Bonchev–Trinajstić information content (AvgIpc) is 3.97. The quantitative estimate of drug-likeness (QED) is 0.148. The summed E-state index contributed by atoms with van der Waals surface area (Å²) in [6.07, 6.45) is 7.46. The second-order valence-corrected chi connectivity index (χ2v) is 21.4. The Morgan fingerprint density at radius 1 is 0.397 bits per heavy atom. The zero-order chi connectivity index (χ0) is 49.0. The molecule has 366 valence electrons. The monoisotopic (exact) mass is 1320 g/mol. The normalized spacial score (nSPS) is 12.2. The molecule has 73 heavy (non-hydrogen) atoms. The summed E-state index contributed by atoms with van der Waals surface area (Å²) >= 11 is 0. The maximum absolute atomic E-state index is 7.02. The van der Waals surface area contributed by atoms with Crippen LogP contribution in [0.4, 0.5) is 0 Å². The molecule has 6 heterocycles. The Morgan fingerprint density at radius 3 is 1.21 bits per heavy atom. The van der Waals surface area contributed by atoms with Gasteiger partial charge in [-0.15, -0.1) is 58.3 Å². The standard InChI is InChI=1S/C62H51N7O2.2Pt/c1-60(2,3)38-36-65-59(66-37-38)69-53-34-55(70-39-24-26-43-41-18-10-12-20-49(41)67(51(43)30-39)57-22-14-16-28-63-57)47(61(4,5)6)32-45(53)46-33-48(62(7,8)9)56(35-54(46)69)71-40-25-27-44-42-19-11-13-21-50(42)68(52(44)31-40)58-23-15-17-29-64-58;;/h10-29,32-33,36-37H,1-9H3;;/q-4;2*+2. The smallest absolute Gasteiger partial charge is 0.509 e. The van der Waals surface area contributed by atoms with E-state index in [0.29, 0.717) is 28.9 Å². The first kappa shape index (κ1) is 49.6. The molecule has 12 rings (SSSR count). The predicted octanol–water partition coefficient (Wildman–Crippen LogP) is 15.2. The third-order valence-corrected chi connectivity index (χ3v) is 13.4. The van der Waals surface area contributed by atoms with E-state index in [9.17, 15) is 0 Å². The van der Waals surface area contributed by atoms with E-state index in [1.165, 1.54) is 0 Å². The maximum Gasteiger partial charge on any atom is 2.00 e. The molecule has 11 heteroatoms. The van der Waals surface area contributed by atoms with Crippen LogP contribution in [-0.2, 0) is 58.4 Å². The van der Waals surface area contributed by atoms with Crippen LogP contribution in [0.2, 0.25) is 0 Å². The molecule has 0 radical (unpaired) electrons. The number of hydrogen-bond acceptors (Lipinski definition) is 6. The summed E-state index contributed by atoms with van der Waals surface area (Å²) in [7, 11) is 0. The first-order chi connectivity index (χ1) is 34.1. The van der Waals surface area contributed by atoms with Gasteiger partial charge >= 0.3 is 42.1 Å². The van der Waals surface area contributed by atoms with Gasteiger partial charge in [0.05, 0.1) is 0 Å². The van der Waals surface area contributed by atoms with Crippen molar-refractivity contribution in [3.8, 4) is 40.6 Å². The van der Waals surface area contributed by atoms with Crippen molar-refractivity contribution in [3.05, 3.63) is 187 Å². The number of ether oxygens (including phenoxy) is 2. The van der Waals surface area contributed by atoms with E-state index >= 15 is 0 Å². The number of fused-ring (bicyclic) bond motifs is 9. The van der Waals surface area contributed by atoms with Gasteiger partial charge in [-0.3, -0.25) is 0 Å². The summed E-state index contributed by atoms with van der Waals surface area (Å²) in [5.41, 5.74) is 7.46. The van der Waals surface area contributed by atoms with E-state index < -0.39 is 0 Å². The van der Waals surface area contributed by atoms with E-state index in [0.717, 1.165) is 93.7 Å². The van der Waals surface area contributed by atoms with Crippen LogP contribution in [0.3, 0.4) is 0 Å². The van der Waals surface area contributed by atoms with Crippen LogP contribution in [0, 0.1) is 24.3 Å². The second-order valence-electron chi connectivity index (χ2n) is 21.4. The Morgan fingerprint density at radius 2 is 0.808 bits per heavy atom. The van der Waals surface area contributed by atoms with Gasteiger partial charge in [-0.05, 0) is 58.1 Å². The summed E-state index contributed by atoms with van der Waals surface area (Å²) in [6.45, 7) is 19.7. The number of para-hydroxylation sites is 2. The number of pyridine rings is 2. The number of nitrogens with zero attached hydrogens (tertiary/aromatic N) is 7.